The van der Waals surface area contributed by atoms with Crippen molar-refractivity contribution < 1.29 is 27.4 Å². The molecule has 29 heavy (non-hydrogen) atoms. The Kier molecular flexibility index (Phi) is 8.04. The minimum Gasteiger partial charge on any atom is -0.490 e. The van der Waals surface area contributed by atoms with Gasteiger partial charge in [-0.2, -0.15) is 0 Å². The van der Waals surface area contributed by atoms with Crippen molar-refractivity contribution in [3.63, 3.8) is 0 Å². The summed E-state index contributed by atoms with van der Waals surface area (Å²) in [7, 11) is -2.31. The van der Waals surface area contributed by atoms with Crippen molar-refractivity contribution in [2.24, 2.45) is 0 Å². The molecule has 0 saturated carbocycles. The van der Waals surface area contributed by atoms with E-state index in [0.717, 1.165) is 5.56 Å². The lowest BCUT2D eigenvalue weighted by Crippen LogP contribution is -2.28. The summed E-state index contributed by atoms with van der Waals surface area (Å²) < 4.78 is 43.6. The number of esters is 1. The van der Waals surface area contributed by atoms with Crippen molar-refractivity contribution in [3.8, 4) is 11.5 Å². The number of hydrogen-bond donors (Lipinski definition) is 1. The quantitative estimate of drug-likeness (QED) is 0.591. The van der Waals surface area contributed by atoms with Crippen molar-refractivity contribution in [1.29, 1.82) is 0 Å². The maximum absolute atomic E-state index is 12.6. The standard InChI is InChI=1S/C21H27NO6S/c1-5-27-19-12-11-18(13-20(19)28-6-2)15(3)22-29(24,25)14-16-7-9-17(10-8-16)21(23)26-4/h7-13,15,22H,5-6,14H2,1-4H3/t15-/m0/s1. The second-order valence-corrected chi connectivity index (χ2v) is 8.11. The summed E-state index contributed by atoms with van der Waals surface area (Å²) in [4.78, 5) is 11.5. The lowest BCUT2D eigenvalue weighted by atomic mass is 10.1. The summed E-state index contributed by atoms with van der Waals surface area (Å²) in [5, 5.41) is 0. The van der Waals surface area contributed by atoms with Gasteiger partial charge in [-0.05, 0) is 56.2 Å². The molecule has 7 nitrogen and oxygen atoms in total. The first-order valence-corrected chi connectivity index (χ1v) is 11.0. The third kappa shape index (κ3) is 6.47. The third-order valence-corrected chi connectivity index (χ3v) is 5.58. The normalized spacial score (nSPS) is 12.3. The average Bonchev–Trinajstić information content (AvgIpc) is 2.69. The Morgan fingerprint density at radius 3 is 2.21 bits per heavy atom. The largest absolute Gasteiger partial charge is 0.490 e. The number of nitrogens with one attached hydrogen (secondary N) is 1. The molecule has 0 saturated heterocycles. The molecule has 2 rings (SSSR count). The van der Waals surface area contributed by atoms with Gasteiger partial charge in [0.05, 0.1) is 31.6 Å². The molecule has 0 radical (unpaired) electrons. The molecule has 1 N–H and O–H groups in total. The zero-order valence-corrected chi connectivity index (χ0v) is 17.9. The number of methoxy groups -OCH3 is 1. The van der Waals surface area contributed by atoms with Crippen LogP contribution in [0.25, 0.3) is 0 Å². The predicted molar refractivity (Wildman–Crippen MR) is 111 cm³/mol. The third-order valence-electron chi connectivity index (χ3n) is 4.16. The summed E-state index contributed by atoms with van der Waals surface area (Å²) in [5.74, 6) is 0.538. The van der Waals surface area contributed by atoms with Crippen molar-refractivity contribution in [1.82, 2.24) is 4.72 Å². The number of carbonyl (C=O) groups is 1. The van der Waals surface area contributed by atoms with E-state index in [2.05, 4.69) is 9.46 Å². The lowest BCUT2D eigenvalue weighted by Gasteiger charge is -2.17. The smallest absolute Gasteiger partial charge is 0.337 e. The summed E-state index contributed by atoms with van der Waals surface area (Å²) >= 11 is 0. The number of rotatable bonds is 10. The van der Waals surface area contributed by atoms with Gasteiger partial charge in [0.2, 0.25) is 10.0 Å². The van der Waals surface area contributed by atoms with Crippen LogP contribution in [0.5, 0.6) is 11.5 Å². The first-order chi connectivity index (χ1) is 13.8. The highest BCUT2D eigenvalue weighted by molar-refractivity contribution is 7.88. The molecular formula is C21H27NO6S. The molecule has 0 aromatic heterocycles. The molecule has 0 unspecified atom stereocenters. The summed E-state index contributed by atoms with van der Waals surface area (Å²) in [6, 6.07) is 11.2. The van der Waals surface area contributed by atoms with Gasteiger partial charge in [0.25, 0.3) is 0 Å². The van der Waals surface area contributed by atoms with Crippen LogP contribution in [0.15, 0.2) is 42.5 Å². The zero-order chi connectivity index (χ0) is 21.4. The maximum Gasteiger partial charge on any atom is 0.337 e. The number of ether oxygens (including phenoxy) is 3. The van der Waals surface area contributed by atoms with Gasteiger partial charge in [0.1, 0.15) is 0 Å². The van der Waals surface area contributed by atoms with Crippen LogP contribution in [0.2, 0.25) is 0 Å². The Labute approximate surface area is 172 Å². The fourth-order valence-corrected chi connectivity index (χ4v) is 4.18. The Balaban J connectivity index is 2.11. The summed E-state index contributed by atoms with van der Waals surface area (Å²) in [6.45, 7) is 6.52. The van der Waals surface area contributed by atoms with Gasteiger partial charge in [-0.3, -0.25) is 0 Å². The number of carbonyl (C=O) groups excluding carboxylic acids is 1. The topological polar surface area (TPSA) is 90.9 Å². The Bertz CT molecular complexity index is 925. The van der Waals surface area contributed by atoms with E-state index in [1.807, 2.05) is 19.9 Å². The minimum atomic E-state index is -3.60. The highest BCUT2D eigenvalue weighted by Crippen LogP contribution is 2.31. The maximum atomic E-state index is 12.6. The molecule has 0 fully saturated rings. The van der Waals surface area contributed by atoms with Gasteiger partial charge < -0.3 is 14.2 Å². The second-order valence-electron chi connectivity index (χ2n) is 6.36. The number of hydrogen-bond acceptors (Lipinski definition) is 6. The van der Waals surface area contributed by atoms with Crippen LogP contribution >= 0.6 is 0 Å². The predicted octanol–water partition coefficient (Wildman–Crippen LogP) is 3.45. The molecular weight excluding hydrogens is 394 g/mol. The van der Waals surface area contributed by atoms with Crippen LogP contribution in [0, 0.1) is 0 Å². The van der Waals surface area contributed by atoms with Gasteiger partial charge in [0, 0.05) is 6.04 Å². The average molecular weight is 422 g/mol. The van der Waals surface area contributed by atoms with Crippen LogP contribution in [0.1, 0.15) is 48.3 Å². The van der Waals surface area contributed by atoms with Crippen LogP contribution in [0.3, 0.4) is 0 Å². The van der Waals surface area contributed by atoms with Gasteiger partial charge >= 0.3 is 5.97 Å². The molecule has 2 aromatic carbocycles. The highest BCUT2D eigenvalue weighted by atomic mass is 32.2. The fraction of sp³-hybridized carbons (Fsp3) is 0.381. The fourth-order valence-electron chi connectivity index (χ4n) is 2.79. The Hall–Kier alpha value is -2.58. The van der Waals surface area contributed by atoms with Gasteiger partial charge in [0.15, 0.2) is 11.5 Å². The first-order valence-electron chi connectivity index (χ1n) is 9.36. The first kappa shape index (κ1) is 22.7. The van der Waals surface area contributed by atoms with Gasteiger partial charge in [-0.25, -0.2) is 17.9 Å². The van der Waals surface area contributed by atoms with Crippen LogP contribution in [0.4, 0.5) is 0 Å². The van der Waals surface area contributed by atoms with Crippen LogP contribution < -0.4 is 14.2 Å². The zero-order valence-electron chi connectivity index (χ0n) is 17.1. The number of benzene rings is 2. The molecule has 0 aliphatic heterocycles. The molecule has 158 valence electrons. The molecule has 1 atom stereocenters. The molecule has 0 amide bonds. The molecule has 0 heterocycles. The summed E-state index contributed by atoms with van der Waals surface area (Å²) in [5.41, 5.74) is 1.70. The molecule has 8 heteroatoms. The highest BCUT2D eigenvalue weighted by Gasteiger charge is 2.18. The van der Waals surface area contributed by atoms with Gasteiger partial charge in [-0.15, -0.1) is 0 Å². The monoisotopic (exact) mass is 421 g/mol. The summed E-state index contributed by atoms with van der Waals surface area (Å²) in [6.07, 6.45) is 0. The van der Waals surface area contributed by atoms with Crippen molar-refractivity contribution in [3.05, 3.63) is 59.2 Å². The van der Waals surface area contributed by atoms with Gasteiger partial charge in [-0.1, -0.05) is 18.2 Å². The minimum absolute atomic E-state index is 0.200. The van der Waals surface area contributed by atoms with Crippen molar-refractivity contribution in [2.45, 2.75) is 32.6 Å². The lowest BCUT2D eigenvalue weighted by molar-refractivity contribution is 0.0600. The molecule has 0 aliphatic rings. The molecule has 0 bridgehead atoms. The molecule has 0 aliphatic carbocycles. The van der Waals surface area contributed by atoms with Crippen molar-refractivity contribution >= 4 is 16.0 Å². The van der Waals surface area contributed by atoms with E-state index in [1.165, 1.54) is 7.11 Å². The van der Waals surface area contributed by atoms with E-state index in [0.29, 0.717) is 35.8 Å². The van der Waals surface area contributed by atoms with E-state index in [4.69, 9.17) is 9.47 Å². The Morgan fingerprint density at radius 1 is 1.00 bits per heavy atom. The van der Waals surface area contributed by atoms with E-state index in [-0.39, 0.29) is 5.75 Å². The number of sulfonamides is 1. The van der Waals surface area contributed by atoms with E-state index >= 15 is 0 Å². The van der Waals surface area contributed by atoms with E-state index in [9.17, 15) is 13.2 Å². The molecule has 2 aromatic rings. The van der Waals surface area contributed by atoms with Crippen LogP contribution in [-0.4, -0.2) is 34.7 Å². The second kappa shape index (κ2) is 10.3. The van der Waals surface area contributed by atoms with E-state index < -0.39 is 22.0 Å². The Morgan fingerprint density at radius 2 is 1.62 bits per heavy atom. The van der Waals surface area contributed by atoms with Crippen LogP contribution in [-0.2, 0) is 20.5 Å². The van der Waals surface area contributed by atoms with Crippen molar-refractivity contribution in [2.75, 3.05) is 20.3 Å². The van der Waals surface area contributed by atoms with E-state index in [1.54, 1.807) is 43.3 Å². The SMILES string of the molecule is CCOc1ccc([C@H](C)NS(=O)(=O)Cc2ccc(C(=O)OC)cc2)cc1OCC. The molecule has 0 spiro atoms.